The zero-order valence-electron chi connectivity index (χ0n) is 12.4. The van der Waals surface area contributed by atoms with Gasteiger partial charge in [-0.05, 0) is 62.5 Å². The molecule has 23 heavy (non-hydrogen) atoms. The van der Waals surface area contributed by atoms with Gasteiger partial charge in [-0.15, -0.1) is 0 Å². The molecule has 0 aliphatic carbocycles. The lowest BCUT2D eigenvalue weighted by atomic mass is 10.2. The number of rotatable bonds is 2. The van der Waals surface area contributed by atoms with Crippen molar-refractivity contribution in [3.8, 4) is 5.75 Å². The molecule has 0 fully saturated rings. The quantitative estimate of drug-likeness (QED) is 0.594. The third-order valence-electron chi connectivity index (χ3n) is 3.68. The molecule has 0 aliphatic rings. The first kappa shape index (κ1) is 16.1. The Labute approximate surface area is 150 Å². The number of carbonyl (C=O) groups is 1. The first-order chi connectivity index (χ1) is 10.9. The number of carbonyl (C=O) groups excluding carboxylic acids is 1. The van der Waals surface area contributed by atoms with E-state index in [1.807, 2.05) is 31.2 Å². The smallest absolute Gasteiger partial charge is 0.293 e. The molecule has 118 valence electrons. The maximum atomic E-state index is 12.7. The van der Waals surface area contributed by atoms with Gasteiger partial charge in [0, 0.05) is 18.1 Å². The van der Waals surface area contributed by atoms with E-state index < -0.39 is 0 Å². The minimum absolute atomic E-state index is 0.0737. The molecule has 3 rings (SSSR count). The second-order valence-corrected chi connectivity index (χ2v) is 6.84. The van der Waals surface area contributed by atoms with Crippen LogP contribution in [0.15, 0.2) is 49.8 Å². The minimum Gasteiger partial charge on any atom is -0.506 e. The lowest BCUT2D eigenvalue weighted by Crippen LogP contribution is -2.26. The Kier molecular flexibility index (Phi) is 4.21. The number of phenols is 1. The predicted molar refractivity (Wildman–Crippen MR) is 97.2 cm³/mol. The molecule has 0 radical (unpaired) electrons. The molecule has 0 aliphatic heterocycles. The van der Waals surface area contributed by atoms with E-state index in [4.69, 9.17) is 4.42 Å². The average Bonchev–Trinajstić information content (AvgIpc) is 2.96. The monoisotopic (exact) mass is 437 g/mol. The fourth-order valence-corrected chi connectivity index (χ4v) is 3.62. The number of amides is 1. The van der Waals surface area contributed by atoms with Gasteiger partial charge in [0.15, 0.2) is 5.76 Å². The number of anilines is 1. The highest BCUT2D eigenvalue weighted by Crippen LogP contribution is 2.40. The van der Waals surface area contributed by atoms with Crippen LogP contribution >= 0.6 is 31.9 Å². The first-order valence-corrected chi connectivity index (χ1v) is 8.43. The van der Waals surface area contributed by atoms with Crippen LogP contribution in [-0.2, 0) is 0 Å². The Hall–Kier alpha value is -1.79. The Morgan fingerprint density at radius 3 is 2.61 bits per heavy atom. The van der Waals surface area contributed by atoms with Gasteiger partial charge < -0.3 is 14.4 Å². The highest BCUT2D eigenvalue weighted by Gasteiger charge is 2.21. The minimum atomic E-state index is -0.252. The summed E-state index contributed by atoms with van der Waals surface area (Å²) in [6.07, 6.45) is 0. The number of phenolic OH excluding ortho intramolecular Hbond substituents is 1. The van der Waals surface area contributed by atoms with Gasteiger partial charge in [0.05, 0.1) is 8.95 Å². The molecule has 1 aromatic heterocycles. The summed E-state index contributed by atoms with van der Waals surface area (Å²) < 4.78 is 6.65. The summed E-state index contributed by atoms with van der Waals surface area (Å²) >= 11 is 6.58. The molecule has 1 amide bonds. The lowest BCUT2D eigenvalue weighted by Gasteiger charge is -2.18. The van der Waals surface area contributed by atoms with Crippen molar-refractivity contribution < 1.29 is 14.3 Å². The van der Waals surface area contributed by atoms with Crippen LogP contribution in [-0.4, -0.2) is 18.1 Å². The molecule has 4 nitrogen and oxygen atoms in total. The van der Waals surface area contributed by atoms with E-state index in [1.54, 1.807) is 24.1 Å². The standard InChI is InChI=1S/C17H13Br2NO3/c1-9-5-3-4-6-12(9)20(2)17(22)14-7-10-13(23-14)8-11(18)16(21)15(10)19/h3-8,21H,1-2H3. The van der Waals surface area contributed by atoms with Crippen molar-refractivity contribution in [3.05, 3.63) is 56.7 Å². The van der Waals surface area contributed by atoms with Gasteiger partial charge >= 0.3 is 0 Å². The Morgan fingerprint density at radius 2 is 1.91 bits per heavy atom. The van der Waals surface area contributed by atoms with Crippen LogP contribution in [0.1, 0.15) is 16.1 Å². The molecule has 0 saturated heterocycles. The van der Waals surface area contributed by atoms with Gasteiger partial charge in [0.2, 0.25) is 0 Å². The van der Waals surface area contributed by atoms with Gasteiger partial charge in [-0.3, -0.25) is 4.79 Å². The van der Waals surface area contributed by atoms with Crippen molar-refractivity contribution in [2.75, 3.05) is 11.9 Å². The van der Waals surface area contributed by atoms with Crippen LogP contribution in [0.3, 0.4) is 0 Å². The predicted octanol–water partition coefficient (Wildman–Crippen LogP) is 5.25. The van der Waals surface area contributed by atoms with Gasteiger partial charge in [0.25, 0.3) is 5.91 Å². The Bertz CT molecular complexity index is 918. The van der Waals surface area contributed by atoms with Crippen molar-refractivity contribution in [3.63, 3.8) is 0 Å². The fraction of sp³-hybridized carbons (Fsp3) is 0.118. The summed E-state index contributed by atoms with van der Waals surface area (Å²) in [5.41, 5.74) is 2.34. The average molecular weight is 439 g/mol. The normalized spacial score (nSPS) is 11.0. The maximum absolute atomic E-state index is 12.7. The Balaban J connectivity index is 2.05. The van der Waals surface area contributed by atoms with Crippen LogP contribution < -0.4 is 4.90 Å². The van der Waals surface area contributed by atoms with Crippen LogP contribution in [0.4, 0.5) is 5.69 Å². The van der Waals surface area contributed by atoms with Gasteiger partial charge in [0.1, 0.15) is 11.3 Å². The van der Waals surface area contributed by atoms with Crippen LogP contribution in [0.5, 0.6) is 5.75 Å². The number of hydrogen-bond acceptors (Lipinski definition) is 3. The van der Waals surface area contributed by atoms with E-state index in [0.717, 1.165) is 11.3 Å². The third-order valence-corrected chi connectivity index (χ3v) is 5.09. The third kappa shape index (κ3) is 2.77. The van der Waals surface area contributed by atoms with Crippen LogP contribution in [0.2, 0.25) is 0 Å². The largest absolute Gasteiger partial charge is 0.506 e. The van der Waals surface area contributed by atoms with E-state index in [-0.39, 0.29) is 17.4 Å². The van der Waals surface area contributed by atoms with E-state index in [9.17, 15) is 9.90 Å². The summed E-state index contributed by atoms with van der Waals surface area (Å²) in [5, 5.41) is 10.6. The van der Waals surface area contributed by atoms with Crippen molar-refractivity contribution in [1.29, 1.82) is 0 Å². The number of aryl methyl sites for hydroxylation is 1. The second kappa shape index (κ2) is 6.02. The van der Waals surface area contributed by atoms with Crippen molar-refractivity contribution in [1.82, 2.24) is 0 Å². The molecule has 0 bridgehead atoms. The SMILES string of the molecule is Cc1ccccc1N(C)C(=O)c1cc2c(Br)c(O)c(Br)cc2o1. The molecule has 3 aromatic rings. The molecule has 6 heteroatoms. The molecule has 1 N–H and O–H groups in total. The summed E-state index contributed by atoms with van der Waals surface area (Å²) in [5.74, 6) is 0.0338. The topological polar surface area (TPSA) is 53.7 Å². The Morgan fingerprint density at radius 1 is 1.22 bits per heavy atom. The summed E-state index contributed by atoms with van der Waals surface area (Å²) in [4.78, 5) is 14.2. The molecule has 2 aromatic carbocycles. The van der Waals surface area contributed by atoms with Crippen molar-refractivity contribution >= 4 is 54.4 Å². The van der Waals surface area contributed by atoms with Gasteiger partial charge in [-0.2, -0.15) is 0 Å². The number of furan rings is 1. The summed E-state index contributed by atoms with van der Waals surface area (Å²) in [6, 6.07) is 10.9. The molecule has 0 atom stereocenters. The van der Waals surface area contributed by atoms with Crippen LogP contribution in [0, 0.1) is 6.92 Å². The number of para-hydroxylation sites is 1. The van der Waals surface area contributed by atoms with Crippen LogP contribution in [0.25, 0.3) is 11.0 Å². The van der Waals surface area contributed by atoms with Crippen molar-refractivity contribution in [2.45, 2.75) is 6.92 Å². The zero-order chi connectivity index (χ0) is 16.7. The van der Waals surface area contributed by atoms with Gasteiger partial charge in [-0.1, -0.05) is 18.2 Å². The van der Waals surface area contributed by atoms with E-state index in [0.29, 0.717) is 19.9 Å². The highest BCUT2D eigenvalue weighted by molar-refractivity contribution is 9.11. The molecular weight excluding hydrogens is 426 g/mol. The summed E-state index contributed by atoms with van der Waals surface area (Å²) in [7, 11) is 1.71. The van der Waals surface area contributed by atoms with Gasteiger partial charge in [-0.25, -0.2) is 0 Å². The van der Waals surface area contributed by atoms with E-state index in [2.05, 4.69) is 31.9 Å². The summed E-state index contributed by atoms with van der Waals surface area (Å²) in [6.45, 7) is 1.95. The fourth-order valence-electron chi connectivity index (χ4n) is 2.42. The number of nitrogens with zero attached hydrogens (tertiary/aromatic N) is 1. The highest BCUT2D eigenvalue weighted by atomic mass is 79.9. The molecule has 1 heterocycles. The number of hydrogen-bond donors (Lipinski definition) is 1. The number of benzene rings is 2. The second-order valence-electron chi connectivity index (χ2n) is 5.19. The molecule has 0 spiro atoms. The molecule has 0 unspecified atom stereocenters. The number of aromatic hydroxyl groups is 1. The molecule has 0 saturated carbocycles. The van der Waals surface area contributed by atoms with E-state index >= 15 is 0 Å². The first-order valence-electron chi connectivity index (χ1n) is 6.84. The molecular formula is C17H13Br2NO3. The zero-order valence-corrected chi connectivity index (χ0v) is 15.6. The van der Waals surface area contributed by atoms with E-state index in [1.165, 1.54) is 0 Å². The lowest BCUT2D eigenvalue weighted by molar-refractivity contribution is 0.0968. The maximum Gasteiger partial charge on any atom is 0.293 e. The number of halogens is 2. The number of fused-ring (bicyclic) bond motifs is 1. The van der Waals surface area contributed by atoms with Crippen molar-refractivity contribution in [2.24, 2.45) is 0 Å².